The summed E-state index contributed by atoms with van der Waals surface area (Å²) in [7, 11) is -3.53. The molecule has 1 aliphatic rings. The lowest BCUT2D eigenvalue weighted by Crippen LogP contribution is -2.28. The van der Waals surface area contributed by atoms with Crippen LogP contribution in [0.3, 0.4) is 0 Å². The van der Waals surface area contributed by atoms with Crippen LogP contribution in [0.15, 0.2) is 72.8 Å². The van der Waals surface area contributed by atoms with Crippen molar-refractivity contribution >= 4 is 18.5 Å². The van der Waals surface area contributed by atoms with Gasteiger partial charge in [-0.25, -0.2) is 4.79 Å². The Morgan fingerprint density at radius 3 is 2.21 bits per heavy atom. The number of carbonyl (C=O) groups is 1. The van der Waals surface area contributed by atoms with Crippen LogP contribution >= 0.6 is 7.72 Å². The van der Waals surface area contributed by atoms with Crippen LogP contribution in [0.1, 0.15) is 10.4 Å². The number of hydrogen-bond donors (Lipinski definition) is 2. The molecule has 0 amide bonds. The smallest absolute Gasteiger partial charge is 0.424 e. The second-order valence-corrected chi connectivity index (χ2v) is 7.76. The van der Waals surface area contributed by atoms with Crippen molar-refractivity contribution in [2.24, 2.45) is 0 Å². The first-order valence-electron chi connectivity index (χ1n) is 7.44. The molecule has 3 aromatic rings. The monoisotopic (exact) mass is 337 g/mol. The zero-order chi connectivity index (χ0) is 16.7. The van der Waals surface area contributed by atoms with Crippen molar-refractivity contribution in [3.8, 4) is 22.6 Å². The summed E-state index contributed by atoms with van der Waals surface area (Å²) in [6.07, 6.45) is 0. The van der Waals surface area contributed by atoms with E-state index < -0.39 is 13.2 Å². The van der Waals surface area contributed by atoms with Crippen molar-refractivity contribution in [3.05, 3.63) is 78.4 Å². The summed E-state index contributed by atoms with van der Waals surface area (Å²) in [5.41, 5.74) is 1.50. The number of benzene rings is 3. The van der Waals surface area contributed by atoms with Gasteiger partial charge in [0, 0.05) is 11.1 Å². The van der Waals surface area contributed by atoms with Gasteiger partial charge in [-0.05, 0) is 36.4 Å². The molecule has 3 aromatic carbocycles. The Labute approximate surface area is 139 Å². The van der Waals surface area contributed by atoms with E-state index in [1.165, 1.54) is 24.3 Å². The first kappa shape index (κ1) is 14.9. The SMILES string of the molecule is O=C(c1ccc(O)cc1)[P+]1(O)Oc2ccccc2-c2ccccc21. The second-order valence-electron chi connectivity index (χ2n) is 5.53. The molecule has 0 bridgehead atoms. The Kier molecular flexibility index (Phi) is 3.38. The van der Waals surface area contributed by atoms with Crippen LogP contribution in [0.4, 0.5) is 0 Å². The number of phenols is 1. The van der Waals surface area contributed by atoms with E-state index in [9.17, 15) is 14.8 Å². The molecule has 1 unspecified atom stereocenters. The highest BCUT2D eigenvalue weighted by Gasteiger charge is 2.56. The normalized spacial score (nSPS) is 18.2. The minimum atomic E-state index is -3.53. The van der Waals surface area contributed by atoms with E-state index in [1.54, 1.807) is 18.2 Å². The van der Waals surface area contributed by atoms with E-state index >= 15 is 0 Å². The van der Waals surface area contributed by atoms with Crippen LogP contribution in [-0.2, 0) is 0 Å². The Bertz CT molecular complexity index is 936. The highest BCUT2D eigenvalue weighted by atomic mass is 31.2. The number of fused-ring (bicyclic) bond motifs is 3. The molecule has 0 aromatic heterocycles. The molecule has 24 heavy (non-hydrogen) atoms. The Morgan fingerprint density at radius 2 is 1.46 bits per heavy atom. The van der Waals surface area contributed by atoms with E-state index in [0.29, 0.717) is 16.6 Å². The van der Waals surface area contributed by atoms with Crippen molar-refractivity contribution in [2.75, 3.05) is 0 Å². The summed E-state index contributed by atoms with van der Waals surface area (Å²) in [5.74, 6) is 0.561. The molecule has 0 fully saturated rings. The molecule has 4 nitrogen and oxygen atoms in total. The lowest BCUT2D eigenvalue weighted by Gasteiger charge is -2.25. The topological polar surface area (TPSA) is 66.8 Å². The maximum absolute atomic E-state index is 13.0. The third kappa shape index (κ3) is 2.20. The van der Waals surface area contributed by atoms with Gasteiger partial charge >= 0.3 is 13.2 Å². The van der Waals surface area contributed by atoms with Crippen molar-refractivity contribution in [2.45, 2.75) is 0 Å². The summed E-state index contributed by atoms with van der Waals surface area (Å²) in [6.45, 7) is 0. The summed E-state index contributed by atoms with van der Waals surface area (Å²) in [5, 5.41) is 9.92. The van der Waals surface area contributed by atoms with Gasteiger partial charge in [0.15, 0.2) is 11.1 Å². The number of hydrogen-bond acceptors (Lipinski definition) is 4. The Hall–Kier alpha value is -2.68. The van der Waals surface area contributed by atoms with Crippen molar-refractivity contribution < 1.29 is 19.3 Å². The van der Waals surface area contributed by atoms with Crippen LogP contribution in [-0.4, -0.2) is 15.5 Å². The third-order valence-electron chi connectivity index (χ3n) is 4.03. The van der Waals surface area contributed by atoms with Gasteiger partial charge in [-0.15, -0.1) is 0 Å². The van der Waals surface area contributed by atoms with Crippen molar-refractivity contribution in [1.82, 2.24) is 0 Å². The van der Waals surface area contributed by atoms with Gasteiger partial charge in [-0.2, -0.15) is 4.89 Å². The van der Waals surface area contributed by atoms with Gasteiger partial charge in [0.2, 0.25) is 0 Å². The first-order valence-corrected chi connectivity index (χ1v) is 9.10. The summed E-state index contributed by atoms with van der Waals surface area (Å²) < 4.78 is 5.85. The molecular formula is C19H14O4P+. The number of phenolic OH excluding ortho intramolecular Hbond substituents is 1. The van der Waals surface area contributed by atoms with Gasteiger partial charge in [-0.1, -0.05) is 36.4 Å². The molecule has 118 valence electrons. The van der Waals surface area contributed by atoms with Crippen molar-refractivity contribution in [3.63, 3.8) is 0 Å². The van der Waals surface area contributed by atoms with Gasteiger partial charge in [0.05, 0.1) is 5.56 Å². The minimum absolute atomic E-state index is 0.0622. The zero-order valence-electron chi connectivity index (χ0n) is 12.6. The lowest BCUT2D eigenvalue weighted by atomic mass is 10.0. The van der Waals surface area contributed by atoms with E-state index in [1.807, 2.05) is 30.3 Å². The maximum atomic E-state index is 13.0. The average Bonchev–Trinajstić information content (AvgIpc) is 2.62. The minimum Gasteiger partial charge on any atom is -0.508 e. The van der Waals surface area contributed by atoms with Crippen LogP contribution in [0.25, 0.3) is 11.1 Å². The standard InChI is InChI=1S/C19H13O4P/c20-14-11-9-13(10-12-14)19(21)24(22)18-8-4-2-6-16(18)15-5-1-3-7-17(15)23-24/h1-12,22H/p+1. The molecular weight excluding hydrogens is 323 g/mol. The van der Waals surface area contributed by atoms with E-state index in [2.05, 4.69) is 0 Å². The number of carbonyl (C=O) groups excluding carboxylic acids is 1. The molecule has 0 aliphatic carbocycles. The molecule has 2 N–H and O–H groups in total. The predicted molar refractivity (Wildman–Crippen MR) is 93.7 cm³/mol. The summed E-state index contributed by atoms with van der Waals surface area (Å²) >= 11 is 0. The molecule has 5 heteroatoms. The highest BCUT2D eigenvalue weighted by Crippen LogP contribution is 2.62. The molecule has 0 spiro atoms. The van der Waals surface area contributed by atoms with Crippen LogP contribution < -0.4 is 9.83 Å². The fourth-order valence-electron chi connectivity index (χ4n) is 2.86. The Morgan fingerprint density at radius 1 is 0.833 bits per heavy atom. The van der Waals surface area contributed by atoms with Crippen molar-refractivity contribution in [1.29, 1.82) is 0 Å². The predicted octanol–water partition coefficient (Wildman–Crippen LogP) is 3.76. The molecule has 0 saturated carbocycles. The van der Waals surface area contributed by atoms with E-state index in [0.717, 1.165) is 11.1 Å². The molecule has 0 saturated heterocycles. The fraction of sp³-hybridized carbons (Fsp3) is 0. The average molecular weight is 337 g/mol. The van der Waals surface area contributed by atoms with Gasteiger partial charge in [0.25, 0.3) is 0 Å². The number of rotatable bonds is 2. The molecule has 1 aliphatic heterocycles. The van der Waals surface area contributed by atoms with E-state index in [4.69, 9.17) is 4.52 Å². The lowest BCUT2D eigenvalue weighted by molar-refractivity contribution is 0.105. The molecule has 0 radical (unpaired) electrons. The third-order valence-corrected chi connectivity index (χ3v) is 6.34. The quantitative estimate of drug-likeness (QED) is 0.699. The fourth-order valence-corrected chi connectivity index (χ4v) is 5.01. The van der Waals surface area contributed by atoms with E-state index in [-0.39, 0.29) is 5.75 Å². The Balaban J connectivity index is 1.89. The van der Waals surface area contributed by atoms with Crippen LogP contribution in [0, 0.1) is 0 Å². The number of aromatic hydroxyl groups is 1. The van der Waals surface area contributed by atoms with Crippen LogP contribution in [0.5, 0.6) is 11.5 Å². The zero-order valence-corrected chi connectivity index (χ0v) is 13.5. The first-order chi connectivity index (χ1) is 11.6. The number of para-hydroxylation sites is 1. The van der Waals surface area contributed by atoms with Crippen LogP contribution in [0.2, 0.25) is 0 Å². The highest BCUT2D eigenvalue weighted by molar-refractivity contribution is 7.89. The van der Waals surface area contributed by atoms with Gasteiger partial charge in [-0.3, -0.25) is 0 Å². The molecule has 4 rings (SSSR count). The summed E-state index contributed by atoms with van der Waals surface area (Å²) in [6, 6.07) is 20.4. The maximum Gasteiger partial charge on any atom is 0.424 e. The molecule has 1 atom stereocenters. The van der Waals surface area contributed by atoms with Gasteiger partial charge < -0.3 is 9.63 Å². The summed E-state index contributed by atoms with van der Waals surface area (Å²) in [4.78, 5) is 24.2. The largest absolute Gasteiger partial charge is 0.508 e. The second kappa shape index (κ2) is 5.45. The molecule has 1 heterocycles. The van der Waals surface area contributed by atoms with Gasteiger partial charge in [0.1, 0.15) is 5.75 Å².